The third kappa shape index (κ3) is 1.11. The van der Waals surface area contributed by atoms with Crippen LogP contribution in [0.25, 0.3) is 5.57 Å². The van der Waals surface area contributed by atoms with Crippen LogP contribution < -0.4 is 5.32 Å². The van der Waals surface area contributed by atoms with Gasteiger partial charge in [-0.1, -0.05) is 12.1 Å². The van der Waals surface area contributed by atoms with Gasteiger partial charge in [0.05, 0.1) is 0 Å². The molecule has 0 unspecified atom stereocenters. The molecule has 14 heavy (non-hydrogen) atoms. The van der Waals surface area contributed by atoms with Gasteiger partial charge in [0.1, 0.15) is 0 Å². The lowest BCUT2D eigenvalue weighted by atomic mass is 9.89. The number of pyridine rings is 1. The first-order valence-corrected chi connectivity index (χ1v) is 5.21. The number of rotatable bonds is 1. The van der Waals surface area contributed by atoms with Gasteiger partial charge in [-0.3, -0.25) is 4.98 Å². The smallest absolute Gasteiger partial charge is 0.0373 e. The van der Waals surface area contributed by atoms with E-state index in [2.05, 4.69) is 28.5 Å². The average molecular weight is 186 g/mol. The van der Waals surface area contributed by atoms with Crippen LogP contribution in [0.15, 0.2) is 24.4 Å². The molecular weight excluding hydrogens is 172 g/mol. The van der Waals surface area contributed by atoms with Crippen molar-refractivity contribution >= 4 is 5.57 Å². The summed E-state index contributed by atoms with van der Waals surface area (Å²) in [6.07, 6.45) is 5.59. The van der Waals surface area contributed by atoms with Crippen molar-refractivity contribution in [3.63, 3.8) is 0 Å². The second-order valence-electron chi connectivity index (χ2n) is 4.23. The van der Waals surface area contributed by atoms with Gasteiger partial charge >= 0.3 is 0 Å². The topological polar surface area (TPSA) is 24.9 Å². The Balaban J connectivity index is 1.92. The van der Waals surface area contributed by atoms with Crippen molar-refractivity contribution in [2.75, 3.05) is 6.54 Å². The van der Waals surface area contributed by atoms with E-state index in [1.54, 1.807) is 0 Å². The predicted molar refractivity (Wildman–Crippen MR) is 56.8 cm³/mol. The van der Waals surface area contributed by atoms with E-state index in [1.807, 2.05) is 13.1 Å². The third-order valence-electron chi connectivity index (χ3n) is 3.29. The minimum absolute atomic E-state index is 0.611. The molecule has 2 atom stereocenters. The van der Waals surface area contributed by atoms with E-state index in [1.165, 1.54) is 24.1 Å². The van der Waals surface area contributed by atoms with Gasteiger partial charge in [-0.15, -0.1) is 0 Å². The molecule has 2 heteroatoms. The summed E-state index contributed by atoms with van der Waals surface area (Å²) < 4.78 is 0. The van der Waals surface area contributed by atoms with E-state index in [0.717, 1.165) is 11.6 Å². The summed E-state index contributed by atoms with van der Waals surface area (Å²) in [5.41, 5.74) is 3.83. The van der Waals surface area contributed by atoms with Crippen LogP contribution in [-0.4, -0.2) is 17.6 Å². The predicted octanol–water partition coefficient (Wildman–Crippen LogP) is 1.77. The third-order valence-corrected chi connectivity index (χ3v) is 3.29. The molecule has 0 saturated carbocycles. The molecule has 0 radical (unpaired) electrons. The quantitative estimate of drug-likeness (QED) is 0.723. The minimum Gasteiger partial charge on any atom is -0.309 e. The van der Waals surface area contributed by atoms with E-state index in [0.29, 0.717) is 6.04 Å². The fourth-order valence-corrected chi connectivity index (χ4v) is 2.33. The van der Waals surface area contributed by atoms with Crippen LogP contribution in [0.5, 0.6) is 0 Å². The summed E-state index contributed by atoms with van der Waals surface area (Å²) in [5, 5.41) is 3.47. The van der Waals surface area contributed by atoms with Crippen LogP contribution in [0.4, 0.5) is 0 Å². The number of nitrogens with zero attached hydrogens (tertiary/aromatic N) is 1. The molecule has 0 amide bonds. The van der Waals surface area contributed by atoms with Crippen LogP contribution in [0, 0.1) is 12.8 Å². The Morgan fingerprint density at radius 1 is 1.43 bits per heavy atom. The molecule has 1 aliphatic carbocycles. The Kier molecular flexibility index (Phi) is 1.71. The lowest BCUT2D eigenvalue weighted by Crippen LogP contribution is -2.50. The first-order valence-electron chi connectivity index (χ1n) is 5.21. The zero-order valence-electron chi connectivity index (χ0n) is 8.33. The number of allylic oxidation sites excluding steroid dienone is 1. The molecule has 2 aliphatic rings. The molecule has 1 aliphatic heterocycles. The summed E-state index contributed by atoms with van der Waals surface area (Å²) >= 11 is 0. The second-order valence-corrected chi connectivity index (χ2v) is 4.23. The Hall–Kier alpha value is -1.15. The summed E-state index contributed by atoms with van der Waals surface area (Å²) in [6.45, 7) is 3.21. The summed E-state index contributed by atoms with van der Waals surface area (Å²) in [4.78, 5) is 4.34. The molecule has 0 spiro atoms. The highest BCUT2D eigenvalue weighted by molar-refractivity contribution is 5.72. The fraction of sp³-hybridized carbons (Fsp3) is 0.417. The van der Waals surface area contributed by atoms with Crippen molar-refractivity contribution in [1.29, 1.82) is 0 Å². The lowest BCUT2D eigenvalue weighted by molar-refractivity contribution is 0.307. The monoisotopic (exact) mass is 186 g/mol. The van der Waals surface area contributed by atoms with Gasteiger partial charge in [0.15, 0.2) is 0 Å². The Morgan fingerprint density at radius 2 is 2.36 bits per heavy atom. The number of fused-ring (bicyclic) bond motifs is 1. The number of nitrogens with one attached hydrogen (secondary N) is 1. The van der Waals surface area contributed by atoms with Crippen molar-refractivity contribution in [2.45, 2.75) is 19.4 Å². The summed E-state index contributed by atoms with van der Waals surface area (Å²) in [6, 6.07) is 4.87. The second kappa shape index (κ2) is 2.92. The van der Waals surface area contributed by atoms with Crippen LogP contribution in [0.3, 0.4) is 0 Å². The zero-order valence-corrected chi connectivity index (χ0v) is 8.33. The van der Waals surface area contributed by atoms with Crippen molar-refractivity contribution in [1.82, 2.24) is 10.3 Å². The summed E-state index contributed by atoms with van der Waals surface area (Å²) in [7, 11) is 0. The zero-order chi connectivity index (χ0) is 9.54. The van der Waals surface area contributed by atoms with Crippen molar-refractivity contribution < 1.29 is 0 Å². The lowest BCUT2D eigenvalue weighted by Gasteiger charge is -2.34. The van der Waals surface area contributed by atoms with Crippen LogP contribution >= 0.6 is 0 Å². The van der Waals surface area contributed by atoms with Gasteiger partial charge in [-0.2, -0.15) is 0 Å². The van der Waals surface area contributed by atoms with E-state index in [-0.39, 0.29) is 0 Å². The number of aryl methyl sites for hydroxylation is 1. The first kappa shape index (κ1) is 8.18. The van der Waals surface area contributed by atoms with Crippen molar-refractivity contribution in [2.24, 2.45) is 5.92 Å². The Labute approximate surface area is 84.1 Å². The summed E-state index contributed by atoms with van der Waals surface area (Å²) in [5.74, 6) is 0.853. The van der Waals surface area contributed by atoms with E-state index in [4.69, 9.17) is 0 Å². The number of hydrogen-bond donors (Lipinski definition) is 1. The molecule has 1 aromatic heterocycles. The molecule has 1 saturated heterocycles. The molecule has 1 fully saturated rings. The van der Waals surface area contributed by atoms with E-state index in [9.17, 15) is 0 Å². The molecule has 2 heterocycles. The van der Waals surface area contributed by atoms with Gasteiger partial charge in [0, 0.05) is 24.5 Å². The molecule has 1 aromatic rings. The standard InChI is InChI=1S/C12H14N2/c1-8-2-3-9(6-13-8)11-5-4-10-7-14-12(10)11/h2-3,5-6,10,12,14H,4,7H2,1H3/t10-,12+/m0/s1. The normalized spacial score (nSPS) is 29.4. The van der Waals surface area contributed by atoms with Gasteiger partial charge in [0.25, 0.3) is 0 Å². The molecular formula is C12H14N2. The van der Waals surface area contributed by atoms with Crippen molar-refractivity contribution in [3.8, 4) is 0 Å². The van der Waals surface area contributed by atoms with Crippen LogP contribution in [0.1, 0.15) is 17.7 Å². The minimum atomic E-state index is 0.611. The molecule has 72 valence electrons. The number of aromatic nitrogens is 1. The average Bonchev–Trinajstić information content (AvgIpc) is 2.43. The Morgan fingerprint density at radius 3 is 2.93 bits per heavy atom. The SMILES string of the molecule is Cc1ccc(C2=CC[C@H]3CN[C@@H]23)cn1. The van der Waals surface area contributed by atoms with Gasteiger partial charge in [0.2, 0.25) is 0 Å². The maximum Gasteiger partial charge on any atom is 0.0373 e. The van der Waals surface area contributed by atoms with Crippen LogP contribution in [0.2, 0.25) is 0 Å². The van der Waals surface area contributed by atoms with E-state index < -0.39 is 0 Å². The highest BCUT2D eigenvalue weighted by Crippen LogP contribution is 2.36. The number of hydrogen-bond acceptors (Lipinski definition) is 2. The fourth-order valence-electron chi connectivity index (χ4n) is 2.33. The molecule has 0 aromatic carbocycles. The highest BCUT2D eigenvalue weighted by atomic mass is 15.0. The first-order chi connectivity index (χ1) is 6.84. The maximum absolute atomic E-state index is 4.34. The highest BCUT2D eigenvalue weighted by Gasteiger charge is 2.36. The Bertz CT molecular complexity index is 378. The molecule has 1 N–H and O–H groups in total. The largest absolute Gasteiger partial charge is 0.309 e. The van der Waals surface area contributed by atoms with Gasteiger partial charge < -0.3 is 5.32 Å². The van der Waals surface area contributed by atoms with E-state index >= 15 is 0 Å². The van der Waals surface area contributed by atoms with Gasteiger partial charge in [-0.05, 0) is 36.5 Å². The van der Waals surface area contributed by atoms with Crippen molar-refractivity contribution in [3.05, 3.63) is 35.7 Å². The molecule has 3 rings (SSSR count). The molecule has 0 bridgehead atoms. The molecule has 2 nitrogen and oxygen atoms in total. The van der Waals surface area contributed by atoms with Crippen LogP contribution in [-0.2, 0) is 0 Å². The maximum atomic E-state index is 4.34. The van der Waals surface area contributed by atoms with Gasteiger partial charge in [-0.25, -0.2) is 0 Å².